The van der Waals surface area contributed by atoms with Crippen LogP contribution in [0.4, 0.5) is 0 Å². The summed E-state index contributed by atoms with van der Waals surface area (Å²) in [6.07, 6.45) is 3.05. The summed E-state index contributed by atoms with van der Waals surface area (Å²) in [5.41, 5.74) is 2.15. The van der Waals surface area contributed by atoms with Crippen molar-refractivity contribution < 1.29 is 5.11 Å². The molecule has 0 radical (unpaired) electrons. The maximum absolute atomic E-state index is 10.5. The number of aliphatic hydroxyl groups excluding tert-OH is 1. The molecule has 4 rings (SSSR count). The summed E-state index contributed by atoms with van der Waals surface area (Å²) in [6, 6.07) is 13.1. The van der Waals surface area contributed by atoms with Crippen LogP contribution in [-0.2, 0) is 6.42 Å². The van der Waals surface area contributed by atoms with Crippen LogP contribution in [-0.4, -0.2) is 53.3 Å². The number of halogens is 2. The van der Waals surface area contributed by atoms with E-state index in [0.29, 0.717) is 12.0 Å². The van der Waals surface area contributed by atoms with Crippen LogP contribution in [0.1, 0.15) is 18.5 Å². The van der Waals surface area contributed by atoms with Crippen molar-refractivity contribution >= 4 is 35.7 Å². The second kappa shape index (κ2) is 9.15. The van der Waals surface area contributed by atoms with Gasteiger partial charge in [-0.15, -0.1) is 24.8 Å². The Morgan fingerprint density at radius 2 is 1.80 bits per heavy atom. The Morgan fingerprint density at radius 3 is 2.60 bits per heavy atom. The number of aliphatic hydroxyl groups is 1. The van der Waals surface area contributed by atoms with Crippen molar-refractivity contribution in [1.82, 2.24) is 15.2 Å². The van der Waals surface area contributed by atoms with Crippen LogP contribution < -0.4 is 5.32 Å². The molecule has 1 aromatic carbocycles. The van der Waals surface area contributed by atoms with E-state index < -0.39 is 0 Å². The molecule has 2 aromatic rings. The molecule has 0 aliphatic carbocycles. The molecule has 0 saturated carbocycles. The highest BCUT2D eigenvalue weighted by molar-refractivity contribution is 5.85. The van der Waals surface area contributed by atoms with Gasteiger partial charge in [0.05, 0.1) is 11.6 Å². The minimum atomic E-state index is -0.224. The van der Waals surface area contributed by atoms with Gasteiger partial charge in [0.1, 0.15) is 0 Å². The van der Waals surface area contributed by atoms with Crippen LogP contribution >= 0.6 is 24.8 Å². The minimum absolute atomic E-state index is 0. The van der Waals surface area contributed by atoms with Gasteiger partial charge in [0.2, 0.25) is 0 Å². The second-order valence-electron chi connectivity index (χ2n) is 6.96. The molecule has 138 valence electrons. The highest BCUT2D eigenvalue weighted by Crippen LogP contribution is 2.26. The summed E-state index contributed by atoms with van der Waals surface area (Å²) in [7, 11) is 0. The maximum Gasteiger partial charge on any atom is 0.0711 e. The molecule has 3 heterocycles. The van der Waals surface area contributed by atoms with E-state index in [2.05, 4.69) is 34.5 Å². The number of aromatic nitrogens is 1. The van der Waals surface area contributed by atoms with Crippen LogP contribution in [0.5, 0.6) is 0 Å². The Morgan fingerprint density at radius 1 is 1.04 bits per heavy atom. The zero-order valence-electron chi connectivity index (χ0n) is 14.3. The SMILES string of the molecule is Cl.Cl.O[C@@H]1CN(C2CCNCC2)C[C@H]1Cc1ccc2ccccc2n1. The lowest BCUT2D eigenvalue weighted by Crippen LogP contribution is -2.42. The molecule has 2 N–H and O–H groups in total. The molecule has 2 fully saturated rings. The molecule has 0 unspecified atom stereocenters. The third-order valence-electron chi connectivity index (χ3n) is 5.39. The van der Waals surface area contributed by atoms with E-state index in [4.69, 9.17) is 4.98 Å². The molecular weight excluding hydrogens is 357 g/mol. The molecule has 0 bridgehead atoms. The fourth-order valence-corrected chi connectivity index (χ4v) is 4.05. The first kappa shape index (κ1) is 20.4. The Bertz CT molecular complexity index is 679. The first-order chi connectivity index (χ1) is 11.3. The standard InChI is InChI=1S/C19H25N3O.2ClH/c23-19-13-22(17-7-9-20-10-8-17)12-15(19)11-16-6-5-14-3-1-2-4-18(14)21-16;;/h1-6,15,17,19-20,23H,7-13H2;2*1H/t15-,19-;;/m1../s1. The van der Waals surface area contributed by atoms with Crippen molar-refractivity contribution in [3.63, 3.8) is 0 Å². The van der Waals surface area contributed by atoms with E-state index in [-0.39, 0.29) is 30.9 Å². The Labute approximate surface area is 161 Å². The van der Waals surface area contributed by atoms with Gasteiger partial charge >= 0.3 is 0 Å². The average molecular weight is 384 g/mol. The lowest BCUT2D eigenvalue weighted by molar-refractivity contribution is 0.130. The van der Waals surface area contributed by atoms with Gasteiger partial charge in [0, 0.05) is 36.1 Å². The average Bonchev–Trinajstić information content (AvgIpc) is 2.96. The Balaban J connectivity index is 0.00000113. The number of piperidine rings is 1. The van der Waals surface area contributed by atoms with E-state index in [1.165, 1.54) is 18.2 Å². The monoisotopic (exact) mass is 383 g/mol. The zero-order chi connectivity index (χ0) is 15.6. The molecule has 0 amide bonds. The van der Waals surface area contributed by atoms with Crippen molar-refractivity contribution in [3.05, 3.63) is 42.1 Å². The van der Waals surface area contributed by atoms with Crippen molar-refractivity contribution in [2.75, 3.05) is 26.2 Å². The van der Waals surface area contributed by atoms with Gasteiger partial charge < -0.3 is 10.4 Å². The number of pyridine rings is 1. The van der Waals surface area contributed by atoms with Crippen LogP contribution in [0.25, 0.3) is 10.9 Å². The van der Waals surface area contributed by atoms with E-state index in [1.54, 1.807) is 0 Å². The number of benzene rings is 1. The zero-order valence-corrected chi connectivity index (χ0v) is 15.9. The molecule has 2 aliphatic rings. The Kier molecular flexibility index (Phi) is 7.47. The molecule has 1 aromatic heterocycles. The number of hydrogen-bond acceptors (Lipinski definition) is 4. The highest BCUT2D eigenvalue weighted by atomic mass is 35.5. The van der Waals surface area contributed by atoms with E-state index in [9.17, 15) is 5.11 Å². The lowest BCUT2D eigenvalue weighted by Gasteiger charge is -2.31. The number of rotatable bonds is 3. The number of nitrogens with zero attached hydrogens (tertiary/aromatic N) is 2. The van der Waals surface area contributed by atoms with Crippen LogP contribution in [0.15, 0.2) is 36.4 Å². The lowest BCUT2D eigenvalue weighted by atomic mass is 9.99. The predicted molar refractivity (Wildman–Crippen MR) is 107 cm³/mol. The number of para-hydroxylation sites is 1. The number of nitrogens with one attached hydrogen (secondary N) is 1. The summed E-state index contributed by atoms with van der Waals surface area (Å²) >= 11 is 0. The topological polar surface area (TPSA) is 48.4 Å². The van der Waals surface area contributed by atoms with Crippen molar-refractivity contribution in [1.29, 1.82) is 0 Å². The van der Waals surface area contributed by atoms with Crippen LogP contribution in [0.2, 0.25) is 0 Å². The third-order valence-corrected chi connectivity index (χ3v) is 5.39. The smallest absolute Gasteiger partial charge is 0.0711 e. The van der Waals surface area contributed by atoms with Gasteiger partial charge in [-0.1, -0.05) is 24.3 Å². The molecule has 4 nitrogen and oxygen atoms in total. The number of likely N-dealkylation sites (tertiary alicyclic amines) is 1. The van der Waals surface area contributed by atoms with Gasteiger partial charge in [0.15, 0.2) is 0 Å². The summed E-state index contributed by atoms with van der Waals surface area (Å²) in [6.45, 7) is 4.03. The molecule has 2 saturated heterocycles. The van der Waals surface area contributed by atoms with Crippen LogP contribution in [0, 0.1) is 5.92 Å². The molecular formula is C19H27Cl2N3O. The highest BCUT2D eigenvalue weighted by Gasteiger charge is 2.35. The normalized spacial score (nSPS) is 24.7. The number of β-amino-alcohol motifs (C(OH)–C–C–N with tert-alkyl or cyclic N) is 1. The molecule has 2 atom stereocenters. The van der Waals surface area contributed by atoms with Crippen molar-refractivity contribution in [2.45, 2.75) is 31.4 Å². The van der Waals surface area contributed by atoms with Gasteiger partial charge in [-0.05, 0) is 44.5 Å². The first-order valence-electron chi connectivity index (χ1n) is 8.77. The minimum Gasteiger partial charge on any atom is -0.391 e. The molecule has 25 heavy (non-hydrogen) atoms. The first-order valence-corrected chi connectivity index (χ1v) is 8.77. The van der Waals surface area contributed by atoms with E-state index >= 15 is 0 Å². The maximum atomic E-state index is 10.5. The predicted octanol–water partition coefficient (Wildman–Crippen LogP) is 2.67. The summed E-state index contributed by atoms with van der Waals surface area (Å²) in [5, 5.41) is 15.1. The van der Waals surface area contributed by atoms with Gasteiger partial charge in [-0.25, -0.2) is 0 Å². The third kappa shape index (κ3) is 4.63. The number of fused-ring (bicyclic) bond motifs is 1. The van der Waals surface area contributed by atoms with Crippen LogP contribution in [0.3, 0.4) is 0 Å². The largest absolute Gasteiger partial charge is 0.391 e. The quantitative estimate of drug-likeness (QED) is 0.855. The fourth-order valence-electron chi connectivity index (χ4n) is 4.05. The van der Waals surface area contributed by atoms with Gasteiger partial charge in [-0.3, -0.25) is 9.88 Å². The molecule has 0 spiro atoms. The van der Waals surface area contributed by atoms with E-state index in [1.807, 2.05) is 12.1 Å². The fraction of sp³-hybridized carbons (Fsp3) is 0.526. The second-order valence-corrected chi connectivity index (χ2v) is 6.96. The molecule has 2 aliphatic heterocycles. The summed E-state index contributed by atoms with van der Waals surface area (Å²) in [5.74, 6) is 0.304. The van der Waals surface area contributed by atoms with Gasteiger partial charge in [0.25, 0.3) is 0 Å². The Hall–Kier alpha value is -0.910. The van der Waals surface area contributed by atoms with E-state index in [0.717, 1.165) is 43.8 Å². The molecule has 6 heteroatoms. The summed E-state index contributed by atoms with van der Waals surface area (Å²) < 4.78 is 0. The summed E-state index contributed by atoms with van der Waals surface area (Å²) in [4.78, 5) is 7.27. The number of hydrogen-bond donors (Lipinski definition) is 2. The van der Waals surface area contributed by atoms with Gasteiger partial charge in [-0.2, -0.15) is 0 Å². The van der Waals surface area contributed by atoms with Crippen molar-refractivity contribution in [2.24, 2.45) is 5.92 Å². The van der Waals surface area contributed by atoms with Crippen molar-refractivity contribution in [3.8, 4) is 0 Å².